The van der Waals surface area contributed by atoms with Crippen molar-refractivity contribution in [3.8, 4) is 11.5 Å². The number of hydrogen-bond donors (Lipinski definition) is 1. The van der Waals surface area contributed by atoms with Gasteiger partial charge in [0, 0.05) is 11.3 Å². The fraction of sp³-hybridized carbons (Fsp3) is 0.118. The normalized spacial score (nSPS) is 10.6. The highest BCUT2D eigenvalue weighted by Crippen LogP contribution is 2.23. The number of hydrogen-bond acceptors (Lipinski definition) is 5. The Balaban J connectivity index is 1.58. The van der Waals surface area contributed by atoms with Crippen molar-refractivity contribution in [1.29, 1.82) is 0 Å². The smallest absolute Gasteiger partial charge is 0.277 e. The van der Waals surface area contributed by atoms with Gasteiger partial charge in [-0.3, -0.25) is 4.79 Å². The first-order valence-electron chi connectivity index (χ1n) is 7.19. The van der Waals surface area contributed by atoms with Crippen LogP contribution >= 0.6 is 11.8 Å². The minimum absolute atomic E-state index is 0.0893. The van der Waals surface area contributed by atoms with Crippen molar-refractivity contribution >= 4 is 23.4 Å². The van der Waals surface area contributed by atoms with Crippen molar-refractivity contribution in [2.45, 2.75) is 12.1 Å². The lowest BCUT2D eigenvalue weighted by atomic mass is 10.1. The molecular weight excluding hydrogens is 329 g/mol. The molecule has 3 rings (SSSR count). The molecule has 1 aromatic heterocycles. The van der Waals surface area contributed by atoms with Gasteiger partial charge in [-0.25, -0.2) is 4.39 Å². The van der Waals surface area contributed by atoms with E-state index in [4.69, 9.17) is 4.42 Å². The van der Waals surface area contributed by atoms with Gasteiger partial charge in [0.2, 0.25) is 11.8 Å². The molecule has 0 saturated heterocycles. The predicted octanol–water partition coefficient (Wildman–Crippen LogP) is 3.91. The second-order valence-electron chi connectivity index (χ2n) is 5.09. The van der Waals surface area contributed by atoms with E-state index in [1.54, 1.807) is 6.07 Å². The maximum atomic E-state index is 13.1. The van der Waals surface area contributed by atoms with E-state index in [0.717, 1.165) is 22.9 Å². The molecule has 0 aliphatic rings. The average molecular weight is 343 g/mol. The summed E-state index contributed by atoms with van der Waals surface area (Å²) >= 11 is 1.13. The Bertz CT molecular complexity index is 866. The molecule has 0 bridgehead atoms. The summed E-state index contributed by atoms with van der Waals surface area (Å²) in [7, 11) is 0. The summed E-state index contributed by atoms with van der Waals surface area (Å²) in [4.78, 5) is 11.9. The van der Waals surface area contributed by atoms with Crippen LogP contribution in [0.15, 0.2) is 58.2 Å². The van der Waals surface area contributed by atoms with Gasteiger partial charge in [0.25, 0.3) is 5.22 Å². The Morgan fingerprint density at radius 1 is 1.21 bits per heavy atom. The van der Waals surface area contributed by atoms with Crippen molar-refractivity contribution in [2.24, 2.45) is 0 Å². The van der Waals surface area contributed by atoms with E-state index >= 15 is 0 Å². The first kappa shape index (κ1) is 16.2. The van der Waals surface area contributed by atoms with Gasteiger partial charge in [-0.1, -0.05) is 35.5 Å². The molecule has 3 aromatic rings. The van der Waals surface area contributed by atoms with Crippen LogP contribution in [0.25, 0.3) is 11.5 Å². The number of nitrogens with one attached hydrogen (secondary N) is 1. The predicted molar refractivity (Wildman–Crippen MR) is 90.2 cm³/mol. The molecule has 7 heteroatoms. The molecule has 0 fully saturated rings. The van der Waals surface area contributed by atoms with Crippen molar-refractivity contribution in [3.05, 3.63) is 59.9 Å². The molecule has 1 N–H and O–H groups in total. The van der Waals surface area contributed by atoms with Gasteiger partial charge in [0.05, 0.1) is 5.75 Å². The number of aromatic nitrogens is 2. The Hall–Kier alpha value is -2.67. The summed E-state index contributed by atoms with van der Waals surface area (Å²) in [5.74, 6) is -0.181. The van der Waals surface area contributed by atoms with Crippen LogP contribution in [0.4, 0.5) is 10.1 Å². The zero-order valence-electron chi connectivity index (χ0n) is 12.8. The monoisotopic (exact) mass is 343 g/mol. The maximum Gasteiger partial charge on any atom is 0.277 e. The molecule has 1 amide bonds. The summed E-state index contributed by atoms with van der Waals surface area (Å²) in [6.07, 6.45) is 0. The molecular formula is C17H14FN3O2S. The van der Waals surface area contributed by atoms with Crippen LogP contribution in [0.2, 0.25) is 0 Å². The highest BCUT2D eigenvalue weighted by Gasteiger charge is 2.11. The number of benzene rings is 2. The number of carbonyl (C=O) groups excluding carboxylic acids is 1. The van der Waals surface area contributed by atoms with Crippen LogP contribution in [0.3, 0.4) is 0 Å². The topological polar surface area (TPSA) is 68.0 Å². The van der Waals surface area contributed by atoms with E-state index in [1.807, 2.05) is 31.2 Å². The van der Waals surface area contributed by atoms with Crippen LogP contribution in [-0.4, -0.2) is 21.9 Å². The van der Waals surface area contributed by atoms with Crippen molar-refractivity contribution in [2.75, 3.05) is 11.1 Å². The van der Waals surface area contributed by atoms with Gasteiger partial charge in [0.15, 0.2) is 0 Å². The SMILES string of the molecule is Cc1cccc(-c2nnc(SCC(=O)Nc3cccc(F)c3)o2)c1. The standard InChI is InChI=1S/C17H14FN3O2S/c1-11-4-2-5-12(8-11)16-20-21-17(23-16)24-10-15(22)19-14-7-3-6-13(18)9-14/h2-9H,10H2,1H3,(H,19,22). The highest BCUT2D eigenvalue weighted by atomic mass is 32.2. The lowest BCUT2D eigenvalue weighted by Gasteiger charge is -2.03. The van der Waals surface area contributed by atoms with E-state index in [-0.39, 0.29) is 11.7 Å². The largest absolute Gasteiger partial charge is 0.411 e. The minimum Gasteiger partial charge on any atom is -0.411 e. The molecule has 0 aliphatic heterocycles. The van der Waals surface area contributed by atoms with Crippen LogP contribution in [0, 0.1) is 12.7 Å². The number of aryl methyl sites for hydroxylation is 1. The molecule has 0 atom stereocenters. The van der Waals surface area contributed by atoms with Crippen molar-refractivity contribution in [1.82, 2.24) is 10.2 Å². The zero-order chi connectivity index (χ0) is 16.9. The molecule has 122 valence electrons. The summed E-state index contributed by atoms with van der Waals surface area (Å²) in [6, 6.07) is 13.4. The number of anilines is 1. The first-order valence-corrected chi connectivity index (χ1v) is 8.17. The molecule has 24 heavy (non-hydrogen) atoms. The summed E-state index contributed by atoms with van der Waals surface area (Å²) in [5.41, 5.74) is 2.33. The molecule has 0 unspecified atom stereocenters. The molecule has 2 aromatic carbocycles. The number of amides is 1. The third-order valence-electron chi connectivity index (χ3n) is 3.11. The summed E-state index contributed by atoms with van der Waals surface area (Å²) in [6.45, 7) is 1.98. The molecule has 0 radical (unpaired) electrons. The number of halogens is 1. The quantitative estimate of drug-likeness (QED) is 0.711. The van der Waals surface area contributed by atoms with E-state index < -0.39 is 5.82 Å². The molecule has 5 nitrogen and oxygen atoms in total. The fourth-order valence-electron chi connectivity index (χ4n) is 2.05. The van der Waals surface area contributed by atoms with Crippen LogP contribution in [0.1, 0.15) is 5.56 Å². The van der Waals surface area contributed by atoms with Gasteiger partial charge >= 0.3 is 0 Å². The first-order chi connectivity index (χ1) is 11.6. The summed E-state index contributed by atoms with van der Waals surface area (Å²) < 4.78 is 18.6. The lowest BCUT2D eigenvalue weighted by Crippen LogP contribution is -2.14. The van der Waals surface area contributed by atoms with Gasteiger partial charge < -0.3 is 9.73 Å². The highest BCUT2D eigenvalue weighted by molar-refractivity contribution is 7.99. The number of carbonyl (C=O) groups is 1. The Morgan fingerprint density at radius 3 is 2.83 bits per heavy atom. The number of nitrogens with zero attached hydrogens (tertiary/aromatic N) is 2. The average Bonchev–Trinajstić information content (AvgIpc) is 3.02. The second-order valence-corrected chi connectivity index (χ2v) is 6.02. The molecule has 0 aliphatic carbocycles. The van der Waals surface area contributed by atoms with E-state index in [9.17, 15) is 9.18 Å². The van der Waals surface area contributed by atoms with Crippen molar-refractivity contribution in [3.63, 3.8) is 0 Å². The summed E-state index contributed by atoms with van der Waals surface area (Å²) in [5, 5.41) is 10.8. The van der Waals surface area contributed by atoms with Crippen LogP contribution in [-0.2, 0) is 4.79 Å². The van der Waals surface area contributed by atoms with E-state index in [2.05, 4.69) is 15.5 Å². The number of rotatable bonds is 5. The van der Waals surface area contributed by atoms with Gasteiger partial charge in [-0.2, -0.15) is 0 Å². The Kier molecular flexibility index (Phi) is 4.90. The third kappa shape index (κ3) is 4.20. The molecule has 1 heterocycles. The third-order valence-corrected chi connectivity index (χ3v) is 3.93. The van der Waals surface area contributed by atoms with Crippen LogP contribution in [0.5, 0.6) is 0 Å². The zero-order valence-corrected chi connectivity index (χ0v) is 13.6. The number of thioether (sulfide) groups is 1. The lowest BCUT2D eigenvalue weighted by molar-refractivity contribution is -0.113. The Labute approximate surface area is 142 Å². The van der Waals surface area contributed by atoms with Crippen LogP contribution < -0.4 is 5.32 Å². The molecule has 0 saturated carbocycles. The minimum atomic E-state index is -0.403. The van der Waals surface area contributed by atoms with E-state index in [0.29, 0.717) is 16.8 Å². The van der Waals surface area contributed by atoms with Gasteiger partial charge in [-0.15, -0.1) is 10.2 Å². The Morgan fingerprint density at radius 2 is 2.04 bits per heavy atom. The fourth-order valence-corrected chi connectivity index (χ4v) is 2.62. The molecule has 0 spiro atoms. The van der Waals surface area contributed by atoms with Gasteiger partial charge in [-0.05, 0) is 37.3 Å². The van der Waals surface area contributed by atoms with E-state index in [1.165, 1.54) is 18.2 Å². The second kappa shape index (κ2) is 7.27. The maximum absolute atomic E-state index is 13.1. The van der Waals surface area contributed by atoms with Gasteiger partial charge in [0.1, 0.15) is 5.82 Å². The van der Waals surface area contributed by atoms with Crippen molar-refractivity contribution < 1.29 is 13.6 Å².